The third-order valence-electron chi connectivity index (χ3n) is 6.13. The quantitative estimate of drug-likeness (QED) is 0.316. The van der Waals surface area contributed by atoms with Gasteiger partial charge in [0.25, 0.3) is 0 Å². The summed E-state index contributed by atoms with van der Waals surface area (Å²) >= 11 is 0. The summed E-state index contributed by atoms with van der Waals surface area (Å²) < 4.78 is 35.0. The number of nitrogens with one attached hydrogen (secondary N) is 2. The maximum absolute atomic E-state index is 14.6. The first-order chi connectivity index (χ1) is 17.3. The van der Waals surface area contributed by atoms with Crippen molar-refractivity contribution in [1.29, 1.82) is 0 Å². The average Bonchev–Trinajstić information content (AvgIpc) is 3.25. The van der Waals surface area contributed by atoms with E-state index >= 15 is 0 Å². The van der Waals surface area contributed by atoms with Gasteiger partial charge in [-0.3, -0.25) is 5.32 Å². The van der Waals surface area contributed by atoms with E-state index < -0.39 is 17.4 Å². The molecule has 2 aromatic heterocycles. The fourth-order valence-electron chi connectivity index (χ4n) is 4.24. The maximum Gasteiger partial charge on any atom is 0.230 e. The molecule has 2 aromatic carbocycles. The van der Waals surface area contributed by atoms with Crippen molar-refractivity contribution >= 4 is 34.2 Å². The van der Waals surface area contributed by atoms with Gasteiger partial charge < -0.3 is 24.6 Å². The van der Waals surface area contributed by atoms with E-state index in [9.17, 15) is 13.9 Å². The zero-order chi connectivity index (χ0) is 25.4. The van der Waals surface area contributed by atoms with E-state index in [2.05, 4.69) is 43.5 Å². The van der Waals surface area contributed by atoms with Crippen LogP contribution in [-0.4, -0.2) is 59.2 Å². The number of hydrogen-bond acceptors (Lipinski definition) is 8. The molecule has 36 heavy (non-hydrogen) atoms. The zero-order valence-corrected chi connectivity index (χ0v) is 20.3. The second kappa shape index (κ2) is 9.62. The van der Waals surface area contributed by atoms with Crippen molar-refractivity contribution in [2.75, 3.05) is 48.8 Å². The monoisotopic (exact) mass is 494 g/mol. The van der Waals surface area contributed by atoms with Gasteiger partial charge in [-0.05, 0) is 45.2 Å². The lowest BCUT2D eigenvalue weighted by molar-refractivity contribution is 0.313. The Kier molecular flexibility index (Phi) is 6.36. The van der Waals surface area contributed by atoms with Crippen LogP contribution < -0.4 is 15.5 Å². The summed E-state index contributed by atoms with van der Waals surface area (Å²) in [4.78, 5) is 12.9. The highest BCUT2D eigenvalue weighted by Crippen LogP contribution is 2.34. The van der Waals surface area contributed by atoms with Crippen molar-refractivity contribution in [1.82, 2.24) is 14.9 Å². The minimum absolute atomic E-state index is 0.0668. The topological polar surface area (TPSA) is 89.7 Å². The number of hydrogen-bond donors (Lipinski definition) is 3. The van der Waals surface area contributed by atoms with Crippen LogP contribution in [0, 0.1) is 11.6 Å². The van der Waals surface area contributed by atoms with Gasteiger partial charge in [0.1, 0.15) is 11.3 Å². The number of furan rings is 1. The molecule has 1 aliphatic rings. The first-order valence-corrected chi connectivity index (χ1v) is 11.8. The Morgan fingerprint density at radius 2 is 1.81 bits per heavy atom. The summed E-state index contributed by atoms with van der Waals surface area (Å²) in [5.74, 6) is -1.63. The molecule has 0 aliphatic carbocycles. The number of fused-ring (bicyclic) bond motifs is 1. The Hall–Kier alpha value is -3.92. The molecule has 3 N–H and O–H groups in total. The van der Waals surface area contributed by atoms with Crippen LogP contribution in [-0.2, 0) is 0 Å². The van der Waals surface area contributed by atoms with Crippen molar-refractivity contribution < 1.29 is 18.3 Å². The molecular weight excluding hydrogens is 466 g/mol. The third kappa shape index (κ3) is 4.90. The fourth-order valence-corrected chi connectivity index (χ4v) is 4.24. The molecule has 0 spiro atoms. The lowest BCUT2D eigenvalue weighted by atomic mass is 10.1. The predicted molar refractivity (Wildman–Crippen MR) is 137 cm³/mol. The molecule has 0 saturated carbocycles. The molecule has 1 fully saturated rings. The van der Waals surface area contributed by atoms with Crippen LogP contribution in [0.5, 0.6) is 5.75 Å². The number of halogens is 2. The molecule has 0 bridgehead atoms. The molecule has 1 aliphatic heterocycles. The molecule has 3 heterocycles. The Morgan fingerprint density at radius 3 is 2.56 bits per heavy atom. The summed E-state index contributed by atoms with van der Waals surface area (Å²) in [6, 6.07) is 10.3. The summed E-state index contributed by atoms with van der Waals surface area (Å²) in [5.41, 5.74) is 2.02. The number of phenolic OH excluding ortho intramolecular Hbond substituents is 1. The van der Waals surface area contributed by atoms with Crippen LogP contribution in [0.25, 0.3) is 22.2 Å². The highest BCUT2D eigenvalue weighted by atomic mass is 19.1. The van der Waals surface area contributed by atoms with Gasteiger partial charge in [-0.1, -0.05) is 0 Å². The second-order valence-electron chi connectivity index (χ2n) is 9.29. The lowest BCUT2D eigenvalue weighted by Gasteiger charge is -2.33. The first kappa shape index (κ1) is 23.8. The average molecular weight is 495 g/mol. The van der Waals surface area contributed by atoms with Gasteiger partial charge >= 0.3 is 0 Å². The molecular formula is C26H28F2N6O2. The van der Waals surface area contributed by atoms with E-state index in [1.807, 2.05) is 32.0 Å². The highest BCUT2D eigenvalue weighted by molar-refractivity contribution is 5.85. The van der Waals surface area contributed by atoms with E-state index in [4.69, 9.17) is 4.42 Å². The summed E-state index contributed by atoms with van der Waals surface area (Å²) in [6.45, 7) is 7.61. The first-order valence-electron chi connectivity index (χ1n) is 11.8. The van der Waals surface area contributed by atoms with Crippen molar-refractivity contribution in [3.63, 3.8) is 0 Å². The van der Waals surface area contributed by atoms with Crippen LogP contribution >= 0.6 is 0 Å². The predicted octanol–water partition coefficient (Wildman–Crippen LogP) is 5.19. The largest absolute Gasteiger partial charge is 0.503 e. The van der Waals surface area contributed by atoms with E-state index in [-0.39, 0.29) is 28.9 Å². The second-order valence-corrected chi connectivity index (χ2v) is 9.29. The Balaban J connectivity index is 1.41. The fraction of sp³-hybridized carbons (Fsp3) is 0.308. The standard InChI is InChI=1S/C26H28F2N6O2/c1-15(2)30-21-11-17(10-19(27)25(21)35)24-20(28)14-29-26(32-24)31-23-12-16-4-5-18(13-22(16)36-23)34-8-6-33(3)7-9-34/h4-5,10-15,30,35H,6-9H2,1-3H3,(H,29,31,32). The van der Waals surface area contributed by atoms with Gasteiger partial charge in [-0.2, -0.15) is 0 Å². The molecule has 188 valence electrons. The molecule has 0 amide bonds. The van der Waals surface area contributed by atoms with Crippen molar-refractivity contribution in [2.45, 2.75) is 19.9 Å². The van der Waals surface area contributed by atoms with Crippen LogP contribution in [0.4, 0.5) is 32.0 Å². The van der Waals surface area contributed by atoms with Gasteiger partial charge in [0.15, 0.2) is 17.4 Å². The molecule has 5 rings (SSSR count). The van der Waals surface area contributed by atoms with Crippen LogP contribution in [0.15, 0.2) is 47.0 Å². The van der Waals surface area contributed by atoms with E-state index in [0.29, 0.717) is 11.5 Å². The number of benzene rings is 2. The van der Waals surface area contributed by atoms with Gasteiger partial charge in [0.05, 0.1) is 11.9 Å². The number of nitrogens with zero attached hydrogens (tertiary/aromatic N) is 4. The number of rotatable bonds is 6. The highest BCUT2D eigenvalue weighted by Gasteiger charge is 2.18. The minimum Gasteiger partial charge on any atom is -0.503 e. The van der Waals surface area contributed by atoms with E-state index in [1.54, 1.807) is 0 Å². The molecule has 0 radical (unpaired) electrons. The van der Waals surface area contributed by atoms with Crippen LogP contribution in [0.2, 0.25) is 0 Å². The van der Waals surface area contributed by atoms with Gasteiger partial charge in [-0.25, -0.2) is 18.7 Å². The Bertz CT molecular complexity index is 1400. The minimum atomic E-state index is -0.878. The smallest absolute Gasteiger partial charge is 0.230 e. The van der Waals surface area contributed by atoms with Gasteiger partial charge in [0.2, 0.25) is 11.8 Å². The number of phenols is 1. The van der Waals surface area contributed by atoms with Crippen molar-refractivity contribution in [3.8, 4) is 17.0 Å². The maximum atomic E-state index is 14.6. The summed E-state index contributed by atoms with van der Waals surface area (Å²) in [6.07, 6.45) is 1.01. The SMILES string of the molecule is CC(C)Nc1cc(-c2nc(Nc3cc4ccc(N5CCN(C)CC5)cc4o3)ncc2F)cc(F)c1O. The zero-order valence-electron chi connectivity index (χ0n) is 20.3. The molecule has 4 aromatic rings. The normalized spacial score (nSPS) is 14.6. The number of aromatic hydroxyl groups is 1. The van der Waals surface area contributed by atoms with Gasteiger partial charge in [-0.15, -0.1) is 0 Å². The van der Waals surface area contributed by atoms with E-state index in [1.165, 1.54) is 6.07 Å². The third-order valence-corrected chi connectivity index (χ3v) is 6.13. The van der Waals surface area contributed by atoms with Gasteiger partial charge in [0, 0.05) is 61.0 Å². The molecule has 1 saturated heterocycles. The number of aromatic nitrogens is 2. The molecule has 0 atom stereocenters. The molecule has 0 unspecified atom stereocenters. The van der Waals surface area contributed by atoms with E-state index in [0.717, 1.165) is 49.5 Å². The van der Waals surface area contributed by atoms with Crippen molar-refractivity contribution in [3.05, 3.63) is 54.2 Å². The Labute approximate surface area is 207 Å². The summed E-state index contributed by atoms with van der Waals surface area (Å²) in [5, 5.41) is 16.9. The number of anilines is 4. The number of piperazine rings is 1. The molecule has 8 nitrogen and oxygen atoms in total. The lowest BCUT2D eigenvalue weighted by Crippen LogP contribution is -2.44. The number of likely N-dealkylation sites (N-methyl/N-ethyl adjacent to an activating group) is 1. The summed E-state index contributed by atoms with van der Waals surface area (Å²) in [7, 11) is 2.12. The Morgan fingerprint density at radius 1 is 1.03 bits per heavy atom. The van der Waals surface area contributed by atoms with Crippen LogP contribution in [0.3, 0.4) is 0 Å². The van der Waals surface area contributed by atoms with Crippen molar-refractivity contribution in [2.24, 2.45) is 0 Å². The van der Waals surface area contributed by atoms with Crippen LogP contribution in [0.1, 0.15) is 13.8 Å². The molecule has 10 heteroatoms.